The summed E-state index contributed by atoms with van der Waals surface area (Å²) in [5, 5.41) is 14.5. The number of pyridine rings is 1. The molecule has 0 spiro atoms. The molecule has 2 saturated heterocycles. The molecule has 5 rings (SSSR count). The molecule has 2 N–H and O–H groups in total. The highest BCUT2D eigenvalue weighted by molar-refractivity contribution is 7.13. The number of carbonyl (C=O) groups is 3. The highest BCUT2D eigenvalue weighted by Crippen LogP contribution is 2.28. The molecule has 3 aromatic rings. The molecule has 0 aliphatic carbocycles. The maximum Gasteiger partial charge on any atom is 0.253 e. The molecule has 3 unspecified atom stereocenters. The van der Waals surface area contributed by atoms with Gasteiger partial charge in [0, 0.05) is 35.8 Å². The van der Waals surface area contributed by atoms with Crippen LogP contribution in [0.3, 0.4) is 0 Å². The highest BCUT2D eigenvalue weighted by Gasteiger charge is 2.45. The number of aromatic nitrogens is 1. The number of ether oxygens (including phenoxy) is 1. The van der Waals surface area contributed by atoms with Crippen molar-refractivity contribution in [3.63, 3.8) is 0 Å². The lowest BCUT2D eigenvalue weighted by molar-refractivity contribution is -0.142. The van der Waals surface area contributed by atoms with Crippen LogP contribution in [0.25, 0.3) is 10.4 Å². The number of thiophene rings is 1. The molecule has 0 radical (unpaired) electrons. The van der Waals surface area contributed by atoms with Crippen molar-refractivity contribution in [2.45, 2.75) is 37.5 Å². The lowest BCUT2D eigenvalue weighted by Gasteiger charge is -2.37. The Hall–Kier alpha value is -3.56. The average Bonchev–Trinajstić information content (AvgIpc) is 3.55. The van der Waals surface area contributed by atoms with E-state index in [1.807, 2.05) is 17.5 Å². The lowest BCUT2D eigenvalue weighted by Crippen LogP contribution is -2.58. The number of fused-ring (bicyclic) bond motifs is 1. The normalized spacial score (nSPS) is 20.3. The van der Waals surface area contributed by atoms with Gasteiger partial charge in [0.15, 0.2) is 5.78 Å². The van der Waals surface area contributed by atoms with Crippen molar-refractivity contribution in [1.29, 1.82) is 0 Å². The fraction of sp³-hybridized carbons (Fsp3) is 0.308. The van der Waals surface area contributed by atoms with Crippen LogP contribution in [0.4, 0.5) is 0 Å². The number of nitrogens with zero attached hydrogens (tertiary/aromatic N) is 2. The van der Waals surface area contributed by atoms with Crippen LogP contribution in [-0.2, 0) is 20.7 Å². The first-order valence-corrected chi connectivity index (χ1v) is 12.4. The maximum atomic E-state index is 13.7. The van der Waals surface area contributed by atoms with Gasteiger partial charge in [-0.25, -0.2) is 0 Å². The summed E-state index contributed by atoms with van der Waals surface area (Å²) in [7, 11) is 0. The molecule has 1 aromatic carbocycles. The van der Waals surface area contributed by atoms with E-state index in [1.165, 1.54) is 6.20 Å². The molecule has 2 aliphatic rings. The van der Waals surface area contributed by atoms with Crippen molar-refractivity contribution in [1.82, 2.24) is 15.2 Å². The number of Topliss-reactive ketones (excluding diaryl/α,β-unsaturated/α-hetero) is 1. The standard InChI is InChI=1S/C26H25N3O5S/c30-19-7-5-16(6-8-19)11-20(26(33)29-9-1-3-22-24(29)21(31)15-34-22)28-25(32)18-12-17(13-27-14-18)23-4-2-10-35-23/h2,4-8,10,12-14,20,22,24,30H,1,3,9,11,15H2,(H,28,32). The second kappa shape index (κ2) is 9.97. The Morgan fingerprint density at radius 3 is 2.83 bits per heavy atom. The van der Waals surface area contributed by atoms with Gasteiger partial charge in [0.2, 0.25) is 5.91 Å². The molecular formula is C26H25N3O5S. The Morgan fingerprint density at radius 1 is 1.23 bits per heavy atom. The van der Waals surface area contributed by atoms with Crippen molar-refractivity contribution in [3.8, 4) is 16.2 Å². The molecule has 180 valence electrons. The van der Waals surface area contributed by atoms with E-state index in [0.29, 0.717) is 12.1 Å². The van der Waals surface area contributed by atoms with Crippen LogP contribution in [0.1, 0.15) is 28.8 Å². The molecule has 35 heavy (non-hydrogen) atoms. The predicted octanol–water partition coefficient (Wildman–Crippen LogP) is 2.82. The number of hydrogen-bond donors (Lipinski definition) is 2. The highest BCUT2D eigenvalue weighted by atomic mass is 32.1. The molecule has 0 bridgehead atoms. The summed E-state index contributed by atoms with van der Waals surface area (Å²) in [5.74, 6) is -0.728. The molecule has 3 atom stereocenters. The molecule has 2 aromatic heterocycles. The van der Waals surface area contributed by atoms with E-state index in [1.54, 1.807) is 52.8 Å². The minimum absolute atomic E-state index is 0.00921. The van der Waals surface area contributed by atoms with Crippen molar-refractivity contribution in [2.24, 2.45) is 0 Å². The first kappa shape index (κ1) is 23.2. The zero-order valence-electron chi connectivity index (χ0n) is 18.9. The molecule has 2 fully saturated rings. The minimum atomic E-state index is -0.899. The van der Waals surface area contributed by atoms with Crippen LogP contribution in [0, 0.1) is 0 Å². The Morgan fingerprint density at radius 2 is 2.06 bits per heavy atom. The fourth-order valence-corrected chi connectivity index (χ4v) is 5.40. The summed E-state index contributed by atoms with van der Waals surface area (Å²) in [5.41, 5.74) is 1.94. The van der Waals surface area contributed by atoms with Gasteiger partial charge in [-0.1, -0.05) is 18.2 Å². The van der Waals surface area contributed by atoms with Crippen LogP contribution in [0.5, 0.6) is 5.75 Å². The number of ketones is 1. The van der Waals surface area contributed by atoms with Gasteiger partial charge in [0.05, 0.1) is 11.7 Å². The first-order chi connectivity index (χ1) is 17.0. The molecule has 9 heteroatoms. The molecule has 4 heterocycles. The van der Waals surface area contributed by atoms with Crippen molar-refractivity contribution in [2.75, 3.05) is 13.2 Å². The number of amides is 2. The summed E-state index contributed by atoms with van der Waals surface area (Å²) in [4.78, 5) is 46.2. The quantitative estimate of drug-likeness (QED) is 0.549. The topological polar surface area (TPSA) is 109 Å². The van der Waals surface area contributed by atoms with E-state index in [9.17, 15) is 19.5 Å². The number of rotatable bonds is 6. The van der Waals surface area contributed by atoms with Gasteiger partial charge in [-0.15, -0.1) is 11.3 Å². The SMILES string of the molecule is O=C(NC(Cc1ccc(O)cc1)C(=O)N1CCCC2OCC(=O)C21)c1cncc(-c2cccs2)c1. The van der Waals surface area contributed by atoms with Gasteiger partial charge in [-0.05, 0) is 48.1 Å². The number of aromatic hydroxyl groups is 1. The predicted molar refractivity (Wildman–Crippen MR) is 130 cm³/mol. The first-order valence-electron chi connectivity index (χ1n) is 11.5. The zero-order valence-corrected chi connectivity index (χ0v) is 19.7. The largest absolute Gasteiger partial charge is 0.508 e. The van der Waals surface area contributed by atoms with E-state index in [2.05, 4.69) is 10.3 Å². The second-order valence-electron chi connectivity index (χ2n) is 8.77. The zero-order chi connectivity index (χ0) is 24.4. The van der Waals surface area contributed by atoms with Crippen molar-refractivity contribution in [3.05, 3.63) is 71.4 Å². The molecule has 8 nitrogen and oxygen atoms in total. The Kier molecular flexibility index (Phi) is 6.61. The van der Waals surface area contributed by atoms with Crippen molar-refractivity contribution >= 4 is 28.9 Å². The Labute approximate surface area is 206 Å². The third-order valence-corrected chi connectivity index (χ3v) is 7.33. The van der Waals surface area contributed by atoms with E-state index in [-0.39, 0.29) is 36.6 Å². The van der Waals surface area contributed by atoms with Gasteiger partial charge in [0.25, 0.3) is 5.91 Å². The fourth-order valence-electron chi connectivity index (χ4n) is 4.69. The van der Waals surface area contributed by atoms with Crippen LogP contribution >= 0.6 is 11.3 Å². The summed E-state index contributed by atoms with van der Waals surface area (Å²) < 4.78 is 5.59. The van der Waals surface area contributed by atoms with Gasteiger partial charge < -0.3 is 20.1 Å². The summed E-state index contributed by atoms with van der Waals surface area (Å²) >= 11 is 1.55. The average molecular weight is 492 g/mol. The smallest absolute Gasteiger partial charge is 0.253 e. The Bertz CT molecular complexity index is 1230. The summed E-state index contributed by atoms with van der Waals surface area (Å²) in [6, 6.07) is 10.6. The van der Waals surface area contributed by atoms with Crippen LogP contribution in [0.2, 0.25) is 0 Å². The number of phenolic OH excluding ortho intramolecular Hbond substituents is 1. The minimum Gasteiger partial charge on any atom is -0.508 e. The molecule has 2 amide bonds. The third kappa shape index (κ3) is 4.96. The molecule has 2 aliphatic heterocycles. The Balaban J connectivity index is 1.40. The van der Waals surface area contributed by atoms with Gasteiger partial charge >= 0.3 is 0 Å². The lowest BCUT2D eigenvalue weighted by atomic mass is 9.95. The molecular weight excluding hydrogens is 466 g/mol. The van der Waals surface area contributed by atoms with E-state index >= 15 is 0 Å². The van der Waals surface area contributed by atoms with Gasteiger partial charge in [-0.2, -0.15) is 0 Å². The number of piperidine rings is 1. The van der Waals surface area contributed by atoms with Crippen molar-refractivity contribution < 1.29 is 24.2 Å². The van der Waals surface area contributed by atoms with Crippen LogP contribution in [0.15, 0.2) is 60.2 Å². The number of nitrogens with one attached hydrogen (secondary N) is 1. The monoisotopic (exact) mass is 491 g/mol. The van der Waals surface area contributed by atoms with E-state index in [0.717, 1.165) is 28.8 Å². The van der Waals surface area contributed by atoms with E-state index in [4.69, 9.17) is 4.74 Å². The van der Waals surface area contributed by atoms with Crippen LogP contribution in [-0.4, -0.2) is 63.9 Å². The maximum absolute atomic E-state index is 13.7. The van der Waals surface area contributed by atoms with Gasteiger partial charge in [0.1, 0.15) is 24.4 Å². The number of likely N-dealkylation sites (tertiary alicyclic amines) is 1. The molecule has 0 saturated carbocycles. The number of carbonyl (C=O) groups excluding carboxylic acids is 3. The summed E-state index contributed by atoms with van der Waals surface area (Å²) in [6.07, 6.45) is 4.55. The summed E-state index contributed by atoms with van der Waals surface area (Å²) in [6.45, 7) is 0.446. The number of phenols is 1. The number of benzene rings is 1. The second-order valence-corrected chi connectivity index (χ2v) is 9.72. The van der Waals surface area contributed by atoms with E-state index < -0.39 is 18.0 Å². The number of hydrogen-bond acceptors (Lipinski definition) is 7. The third-order valence-electron chi connectivity index (χ3n) is 6.41. The van der Waals surface area contributed by atoms with Gasteiger partial charge in [-0.3, -0.25) is 19.4 Å². The van der Waals surface area contributed by atoms with Crippen LogP contribution < -0.4 is 5.32 Å².